The van der Waals surface area contributed by atoms with E-state index in [-0.39, 0.29) is 17.9 Å². The Morgan fingerprint density at radius 1 is 1.58 bits per heavy atom. The Kier molecular flexibility index (Phi) is 5.98. The molecule has 0 aliphatic carbocycles. The lowest BCUT2D eigenvalue weighted by Crippen LogP contribution is -2.34. The van der Waals surface area contributed by atoms with Crippen molar-refractivity contribution in [3.05, 3.63) is 18.2 Å². The number of rotatable bonds is 8. The number of aliphatic hydroxyl groups is 1. The fourth-order valence-electron chi connectivity index (χ4n) is 1.80. The van der Waals surface area contributed by atoms with Crippen molar-refractivity contribution in [1.29, 1.82) is 0 Å². The van der Waals surface area contributed by atoms with Crippen LogP contribution in [-0.2, 0) is 6.54 Å². The summed E-state index contributed by atoms with van der Waals surface area (Å²) in [5, 5.41) is 11.7. The van der Waals surface area contributed by atoms with E-state index in [0.29, 0.717) is 25.3 Å². The first-order valence-corrected chi connectivity index (χ1v) is 6.59. The van der Waals surface area contributed by atoms with Crippen LogP contribution < -0.4 is 11.1 Å². The van der Waals surface area contributed by atoms with E-state index < -0.39 is 0 Å². The number of hydrogen-bond acceptors (Lipinski definition) is 4. The maximum Gasteiger partial charge on any atom is 0.271 e. The smallest absolute Gasteiger partial charge is 0.271 e. The van der Waals surface area contributed by atoms with Gasteiger partial charge in [0.05, 0.1) is 6.33 Å². The molecule has 1 rings (SSSR count). The molecule has 0 aliphatic rings. The van der Waals surface area contributed by atoms with Crippen molar-refractivity contribution >= 4 is 5.91 Å². The number of aromatic nitrogens is 2. The topological polar surface area (TPSA) is 93.2 Å². The molecular formula is C13H24N4O2. The highest BCUT2D eigenvalue weighted by atomic mass is 16.2. The van der Waals surface area contributed by atoms with Gasteiger partial charge in [-0.2, -0.15) is 0 Å². The van der Waals surface area contributed by atoms with Crippen LogP contribution in [0.1, 0.15) is 37.2 Å². The van der Waals surface area contributed by atoms with Crippen LogP contribution in [0.4, 0.5) is 0 Å². The molecule has 0 unspecified atom stereocenters. The van der Waals surface area contributed by atoms with Crippen LogP contribution in [0.25, 0.3) is 0 Å². The van der Waals surface area contributed by atoms with Crippen molar-refractivity contribution in [1.82, 2.24) is 14.9 Å². The summed E-state index contributed by atoms with van der Waals surface area (Å²) >= 11 is 0. The molecule has 0 saturated heterocycles. The molecule has 19 heavy (non-hydrogen) atoms. The van der Waals surface area contributed by atoms with Gasteiger partial charge in [-0.15, -0.1) is 0 Å². The highest BCUT2D eigenvalue weighted by Crippen LogP contribution is 2.20. The van der Waals surface area contributed by atoms with Gasteiger partial charge in [-0.25, -0.2) is 4.98 Å². The van der Waals surface area contributed by atoms with Gasteiger partial charge >= 0.3 is 0 Å². The fourth-order valence-corrected chi connectivity index (χ4v) is 1.80. The van der Waals surface area contributed by atoms with Gasteiger partial charge < -0.3 is 20.7 Å². The average molecular weight is 268 g/mol. The molecule has 0 radical (unpaired) electrons. The van der Waals surface area contributed by atoms with E-state index in [4.69, 9.17) is 10.8 Å². The molecule has 6 heteroatoms. The van der Waals surface area contributed by atoms with Gasteiger partial charge in [-0.05, 0) is 18.3 Å². The Morgan fingerprint density at radius 3 is 2.95 bits per heavy atom. The van der Waals surface area contributed by atoms with E-state index in [0.717, 1.165) is 12.8 Å². The number of nitrogens with zero attached hydrogens (tertiary/aromatic N) is 2. The van der Waals surface area contributed by atoms with Crippen LogP contribution in [0.3, 0.4) is 0 Å². The largest absolute Gasteiger partial charge is 0.396 e. The molecule has 4 N–H and O–H groups in total. The Hall–Kier alpha value is -1.40. The fraction of sp³-hybridized carbons (Fsp3) is 0.692. The van der Waals surface area contributed by atoms with E-state index >= 15 is 0 Å². The SMILES string of the molecule is CC(C)(CCCO)CNC(=O)c1cn(CCN)cn1. The number of nitrogens with two attached hydrogens (primary N) is 1. The normalized spacial score (nSPS) is 11.6. The highest BCUT2D eigenvalue weighted by molar-refractivity contribution is 5.92. The first kappa shape index (κ1) is 15.7. The maximum atomic E-state index is 11.9. The molecular weight excluding hydrogens is 244 g/mol. The molecule has 0 aromatic carbocycles. The number of carbonyl (C=O) groups excluding carboxylic acids is 1. The summed E-state index contributed by atoms with van der Waals surface area (Å²) in [5.74, 6) is -0.173. The zero-order valence-electron chi connectivity index (χ0n) is 11.7. The van der Waals surface area contributed by atoms with E-state index in [1.807, 2.05) is 0 Å². The van der Waals surface area contributed by atoms with Gasteiger partial charge in [0, 0.05) is 32.4 Å². The number of hydrogen-bond donors (Lipinski definition) is 3. The Morgan fingerprint density at radius 2 is 2.32 bits per heavy atom. The van der Waals surface area contributed by atoms with Crippen LogP contribution in [0, 0.1) is 5.41 Å². The molecule has 108 valence electrons. The van der Waals surface area contributed by atoms with Gasteiger partial charge in [-0.3, -0.25) is 4.79 Å². The van der Waals surface area contributed by atoms with Gasteiger partial charge in [0.15, 0.2) is 0 Å². The summed E-state index contributed by atoms with van der Waals surface area (Å²) in [6.45, 7) is 6.05. The summed E-state index contributed by atoms with van der Waals surface area (Å²) in [7, 11) is 0. The first-order chi connectivity index (χ1) is 8.98. The lowest BCUT2D eigenvalue weighted by atomic mass is 9.88. The Bertz CT molecular complexity index is 401. The number of imidazole rings is 1. The third-order valence-electron chi connectivity index (χ3n) is 2.99. The second kappa shape index (κ2) is 7.25. The second-order valence-corrected chi connectivity index (χ2v) is 5.46. The molecule has 1 amide bonds. The lowest BCUT2D eigenvalue weighted by molar-refractivity contribution is 0.0928. The predicted molar refractivity (Wildman–Crippen MR) is 73.7 cm³/mol. The molecule has 0 aliphatic heterocycles. The van der Waals surface area contributed by atoms with Crippen molar-refractivity contribution in [2.24, 2.45) is 11.1 Å². The van der Waals surface area contributed by atoms with Crippen molar-refractivity contribution in [3.8, 4) is 0 Å². The summed E-state index contributed by atoms with van der Waals surface area (Å²) < 4.78 is 1.80. The summed E-state index contributed by atoms with van der Waals surface area (Å²) in [6.07, 6.45) is 4.92. The van der Waals surface area contributed by atoms with Gasteiger partial charge in [-0.1, -0.05) is 13.8 Å². The predicted octanol–water partition coefficient (Wildman–Crippen LogP) is 0.370. The molecule has 0 atom stereocenters. The molecule has 6 nitrogen and oxygen atoms in total. The minimum absolute atomic E-state index is 0.0295. The molecule has 0 spiro atoms. The third-order valence-corrected chi connectivity index (χ3v) is 2.99. The van der Waals surface area contributed by atoms with Crippen LogP contribution in [-0.4, -0.2) is 40.3 Å². The molecule has 0 fully saturated rings. The minimum atomic E-state index is -0.173. The highest BCUT2D eigenvalue weighted by Gasteiger charge is 2.19. The molecule has 0 bridgehead atoms. The summed E-state index contributed by atoms with van der Waals surface area (Å²) in [4.78, 5) is 16.0. The lowest BCUT2D eigenvalue weighted by Gasteiger charge is -2.24. The quantitative estimate of drug-likeness (QED) is 0.635. The Balaban J connectivity index is 2.45. The van der Waals surface area contributed by atoms with Crippen molar-refractivity contribution in [2.75, 3.05) is 19.7 Å². The average Bonchev–Trinajstić information content (AvgIpc) is 2.83. The Labute approximate surface area is 114 Å². The zero-order chi connectivity index (χ0) is 14.3. The zero-order valence-corrected chi connectivity index (χ0v) is 11.7. The van der Waals surface area contributed by atoms with Crippen LogP contribution >= 0.6 is 0 Å². The maximum absolute atomic E-state index is 11.9. The number of carbonyl (C=O) groups is 1. The number of amides is 1. The molecule has 1 aromatic heterocycles. The van der Waals surface area contributed by atoms with E-state index in [1.54, 1.807) is 17.1 Å². The van der Waals surface area contributed by atoms with Crippen LogP contribution in [0.5, 0.6) is 0 Å². The van der Waals surface area contributed by atoms with Crippen LogP contribution in [0.15, 0.2) is 12.5 Å². The van der Waals surface area contributed by atoms with Crippen molar-refractivity contribution in [3.63, 3.8) is 0 Å². The standard InChI is InChI=1S/C13H24N4O2/c1-13(2,4-3-7-18)9-15-12(19)11-8-17(6-5-14)10-16-11/h8,10,18H,3-7,9,14H2,1-2H3,(H,15,19). The summed E-state index contributed by atoms with van der Waals surface area (Å²) in [5.41, 5.74) is 5.82. The van der Waals surface area contributed by atoms with Gasteiger partial charge in [0.2, 0.25) is 0 Å². The molecule has 1 aromatic rings. The molecule has 0 saturated carbocycles. The van der Waals surface area contributed by atoms with Crippen molar-refractivity contribution < 1.29 is 9.90 Å². The summed E-state index contributed by atoms with van der Waals surface area (Å²) in [6, 6.07) is 0. The van der Waals surface area contributed by atoms with E-state index in [2.05, 4.69) is 24.1 Å². The van der Waals surface area contributed by atoms with Gasteiger partial charge in [0.25, 0.3) is 5.91 Å². The number of nitrogens with one attached hydrogen (secondary N) is 1. The number of aliphatic hydroxyl groups excluding tert-OH is 1. The minimum Gasteiger partial charge on any atom is -0.396 e. The van der Waals surface area contributed by atoms with E-state index in [9.17, 15) is 4.79 Å². The van der Waals surface area contributed by atoms with Crippen LogP contribution in [0.2, 0.25) is 0 Å². The second-order valence-electron chi connectivity index (χ2n) is 5.46. The molecule has 1 heterocycles. The first-order valence-electron chi connectivity index (χ1n) is 6.59. The van der Waals surface area contributed by atoms with Gasteiger partial charge in [0.1, 0.15) is 5.69 Å². The van der Waals surface area contributed by atoms with Crippen molar-refractivity contribution in [2.45, 2.75) is 33.2 Å². The third kappa shape index (κ3) is 5.40. The monoisotopic (exact) mass is 268 g/mol. The van der Waals surface area contributed by atoms with E-state index in [1.165, 1.54) is 0 Å².